The van der Waals surface area contributed by atoms with E-state index < -0.39 is 18.0 Å². The molecule has 0 amide bonds. The molecule has 0 saturated carbocycles. The van der Waals surface area contributed by atoms with Crippen molar-refractivity contribution in [2.24, 2.45) is 0 Å². The number of rotatable bonds is 3. The van der Waals surface area contributed by atoms with Crippen LogP contribution < -0.4 is 0 Å². The van der Waals surface area contributed by atoms with Gasteiger partial charge in [-0.1, -0.05) is 11.6 Å². The Morgan fingerprint density at radius 1 is 1.37 bits per heavy atom. The summed E-state index contributed by atoms with van der Waals surface area (Å²) in [5.74, 6) is 0.420. The first kappa shape index (κ1) is 14.5. The van der Waals surface area contributed by atoms with Crippen LogP contribution >= 0.6 is 23.2 Å². The average molecular weight is 311 g/mol. The molecule has 0 bridgehead atoms. The molecule has 1 atom stereocenters. The molecule has 0 radical (unpaired) electrons. The number of hydrogen-bond acceptors (Lipinski definition) is 1. The van der Waals surface area contributed by atoms with Crippen molar-refractivity contribution in [2.75, 3.05) is 0 Å². The van der Waals surface area contributed by atoms with Crippen molar-refractivity contribution in [3.8, 4) is 0 Å². The number of fused-ring (bicyclic) bond motifs is 1. The van der Waals surface area contributed by atoms with Gasteiger partial charge in [0.2, 0.25) is 0 Å². The van der Waals surface area contributed by atoms with Gasteiger partial charge in [0.1, 0.15) is 5.82 Å². The van der Waals surface area contributed by atoms with Crippen molar-refractivity contribution in [3.63, 3.8) is 0 Å². The van der Waals surface area contributed by atoms with Crippen molar-refractivity contribution in [2.45, 2.75) is 31.4 Å². The molecule has 0 N–H and O–H groups in total. The highest BCUT2D eigenvalue weighted by Crippen LogP contribution is 2.28. The average Bonchev–Trinajstić information content (AvgIpc) is 2.63. The lowest BCUT2D eigenvalue weighted by Gasteiger charge is -2.12. The summed E-state index contributed by atoms with van der Waals surface area (Å²) in [7, 11) is 0. The first-order valence-electron chi connectivity index (χ1n) is 5.64. The fraction of sp³-hybridized carbons (Fsp3) is 0.417. The molecule has 0 aliphatic rings. The van der Waals surface area contributed by atoms with Crippen LogP contribution in [0.3, 0.4) is 0 Å². The van der Waals surface area contributed by atoms with E-state index in [0.717, 1.165) is 0 Å². The van der Waals surface area contributed by atoms with Gasteiger partial charge in [0.25, 0.3) is 0 Å². The van der Waals surface area contributed by atoms with Crippen LogP contribution in [0.4, 0.5) is 13.2 Å². The molecule has 0 saturated heterocycles. The summed E-state index contributed by atoms with van der Waals surface area (Å²) in [6.07, 6.45) is -5.13. The smallest absolute Gasteiger partial charge is 0.326 e. The summed E-state index contributed by atoms with van der Waals surface area (Å²) in [4.78, 5) is 4.25. The molecule has 2 rings (SSSR count). The summed E-state index contributed by atoms with van der Waals surface area (Å²) in [6, 6.07) is 4.89. The lowest BCUT2D eigenvalue weighted by molar-refractivity contribution is -0.136. The first-order valence-corrected chi connectivity index (χ1v) is 6.46. The molecule has 0 aliphatic carbocycles. The first-order chi connectivity index (χ1) is 8.78. The van der Waals surface area contributed by atoms with Crippen LogP contribution in [0.1, 0.15) is 24.5 Å². The fourth-order valence-corrected chi connectivity index (χ4v) is 2.23. The van der Waals surface area contributed by atoms with Gasteiger partial charge >= 0.3 is 6.18 Å². The molecule has 104 valence electrons. The van der Waals surface area contributed by atoms with Crippen LogP contribution in [0.15, 0.2) is 18.2 Å². The standard InChI is InChI=1S/C12H11Cl2F3N2/c1-7(13)11-18-9-6-8(14)2-3-10(9)19(11)5-4-12(15,16)17/h2-3,6-7H,4-5H2,1H3. The van der Waals surface area contributed by atoms with Gasteiger partial charge in [-0.05, 0) is 25.1 Å². The maximum atomic E-state index is 12.4. The minimum atomic E-state index is -4.21. The molecule has 0 fully saturated rings. The van der Waals surface area contributed by atoms with Crippen molar-refractivity contribution >= 4 is 34.2 Å². The number of benzene rings is 1. The fourth-order valence-electron chi connectivity index (χ4n) is 1.90. The maximum Gasteiger partial charge on any atom is 0.390 e. The van der Waals surface area contributed by atoms with E-state index >= 15 is 0 Å². The molecule has 1 aromatic heterocycles. The highest BCUT2D eigenvalue weighted by Gasteiger charge is 2.28. The third-order valence-corrected chi connectivity index (χ3v) is 3.14. The Morgan fingerprint density at radius 3 is 2.63 bits per heavy atom. The second-order valence-corrected chi connectivity index (χ2v) is 5.33. The van der Waals surface area contributed by atoms with Crippen LogP contribution in [0.2, 0.25) is 5.02 Å². The number of hydrogen-bond donors (Lipinski definition) is 0. The molecular weight excluding hydrogens is 300 g/mol. The molecular formula is C12H11Cl2F3N2. The lowest BCUT2D eigenvalue weighted by Crippen LogP contribution is -2.14. The van der Waals surface area contributed by atoms with Crippen molar-refractivity contribution in [3.05, 3.63) is 29.0 Å². The number of alkyl halides is 4. The van der Waals surface area contributed by atoms with E-state index in [4.69, 9.17) is 23.2 Å². The maximum absolute atomic E-state index is 12.4. The van der Waals surface area contributed by atoms with Gasteiger partial charge in [-0.3, -0.25) is 0 Å². The predicted octanol–water partition coefficient (Wildman–Crippen LogP) is 4.94. The summed E-state index contributed by atoms with van der Waals surface area (Å²) >= 11 is 11.8. The van der Waals surface area contributed by atoms with E-state index in [1.165, 1.54) is 4.57 Å². The number of aryl methyl sites for hydroxylation is 1. The van der Waals surface area contributed by atoms with Gasteiger partial charge in [-0.2, -0.15) is 13.2 Å². The zero-order chi connectivity index (χ0) is 14.2. The summed E-state index contributed by atoms with van der Waals surface area (Å²) < 4.78 is 38.6. The lowest BCUT2D eigenvalue weighted by atomic mass is 10.3. The SMILES string of the molecule is CC(Cl)c1nc2cc(Cl)ccc2n1CCC(F)(F)F. The highest BCUT2D eigenvalue weighted by molar-refractivity contribution is 6.31. The monoisotopic (exact) mass is 310 g/mol. The summed E-state index contributed by atoms with van der Waals surface area (Å²) in [5.41, 5.74) is 1.16. The summed E-state index contributed by atoms with van der Waals surface area (Å²) in [6.45, 7) is 1.47. The molecule has 0 spiro atoms. The molecule has 1 unspecified atom stereocenters. The minimum absolute atomic E-state index is 0.200. The molecule has 0 aliphatic heterocycles. The molecule has 7 heteroatoms. The van der Waals surface area contributed by atoms with E-state index in [-0.39, 0.29) is 6.54 Å². The van der Waals surface area contributed by atoms with Crippen LogP contribution in [0.5, 0.6) is 0 Å². The molecule has 2 aromatic rings. The Morgan fingerprint density at radius 2 is 2.05 bits per heavy atom. The Bertz CT molecular complexity index is 590. The molecule has 1 aromatic carbocycles. The topological polar surface area (TPSA) is 17.8 Å². The van der Waals surface area contributed by atoms with E-state index in [1.54, 1.807) is 25.1 Å². The van der Waals surface area contributed by atoms with E-state index in [1.807, 2.05) is 0 Å². The zero-order valence-electron chi connectivity index (χ0n) is 10.0. The van der Waals surface area contributed by atoms with Gasteiger partial charge < -0.3 is 4.57 Å². The predicted molar refractivity (Wildman–Crippen MR) is 69.7 cm³/mol. The van der Waals surface area contributed by atoms with E-state index in [2.05, 4.69) is 4.98 Å². The largest absolute Gasteiger partial charge is 0.390 e. The highest BCUT2D eigenvalue weighted by atomic mass is 35.5. The van der Waals surface area contributed by atoms with E-state index in [9.17, 15) is 13.2 Å². The minimum Gasteiger partial charge on any atom is -0.326 e. The normalized spacial score (nSPS) is 14.0. The Hall–Kier alpha value is -0.940. The quantitative estimate of drug-likeness (QED) is 0.734. The van der Waals surface area contributed by atoms with Crippen LogP contribution in [-0.4, -0.2) is 15.7 Å². The van der Waals surface area contributed by atoms with Gasteiger partial charge in [-0.25, -0.2) is 4.98 Å². The van der Waals surface area contributed by atoms with Crippen molar-refractivity contribution < 1.29 is 13.2 Å². The number of halogens is 5. The number of aromatic nitrogens is 2. The third kappa shape index (κ3) is 3.34. The molecule has 1 heterocycles. The third-order valence-electron chi connectivity index (χ3n) is 2.71. The van der Waals surface area contributed by atoms with Gasteiger partial charge in [-0.15, -0.1) is 11.6 Å². The van der Waals surface area contributed by atoms with Crippen molar-refractivity contribution in [1.29, 1.82) is 0 Å². The summed E-state index contributed by atoms with van der Waals surface area (Å²) in [5, 5.41) is 0.0150. The Kier molecular flexibility index (Phi) is 3.97. The zero-order valence-corrected chi connectivity index (χ0v) is 11.5. The molecule has 19 heavy (non-hydrogen) atoms. The van der Waals surface area contributed by atoms with Crippen molar-refractivity contribution in [1.82, 2.24) is 9.55 Å². The Labute approximate surface area is 118 Å². The van der Waals surface area contributed by atoms with Gasteiger partial charge in [0, 0.05) is 11.6 Å². The van der Waals surface area contributed by atoms with E-state index in [0.29, 0.717) is 21.9 Å². The number of nitrogens with zero attached hydrogens (tertiary/aromatic N) is 2. The van der Waals surface area contributed by atoms with Crippen LogP contribution in [-0.2, 0) is 6.54 Å². The van der Waals surface area contributed by atoms with Crippen LogP contribution in [0.25, 0.3) is 11.0 Å². The second kappa shape index (κ2) is 5.21. The second-order valence-electron chi connectivity index (χ2n) is 4.24. The number of imidazole rings is 1. The Balaban J connectivity index is 2.46. The van der Waals surface area contributed by atoms with Crippen LogP contribution in [0, 0.1) is 0 Å². The molecule has 2 nitrogen and oxygen atoms in total. The van der Waals surface area contributed by atoms with Gasteiger partial charge in [0.05, 0.1) is 22.8 Å². The van der Waals surface area contributed by atoms with Gasteiger partial charge in [0.15, 0.2) is 0 Å².